The first-order chi connectivity index (χ1) is 13.2. The fraction of sp³-hybridized carbons (Fsp3) is 0.300. The van der Waals surface area contributed by atoms with Crippen LogP contribution in [0.1, 0.15) is 21.9 Å². The van der Waals surface area contributed by atoms with E-state index in [0.29, 0.717) is 31.2 Å². The number of para-hydroxylation sites is 1. The average molecular weight is 367 g/mol. The molecule has 1 amide bonds. The first-order valence-corrected chi connectivity index (χ1v) is 8.84. The zero-order chi connectivity index (χ0) is 18.6. The van der Waals surface area contributed by atoms with Crippen LogP contribution in [0.4, 0.5) is 0 Å². The number of carbonyl (C=O) groups is 1. The minimum Gasteiger partial charge on any atom is -0.493 e. The molecule has 1 aliphatic rings. The summed E-state index contributed by atoms with van der Waals surface area (Å²) in [4.78, 5) is 16.4. The van der Waals surface area contributed by atoms with Gasteiger partial charge in [0.25, 0.3) is 5.91 Å². The number of benzene rings is 1. The average Bonchev–Trinajstić information content (AvgIpc) is 3.38. The Labute approximate surface area is 156 Å². The van der Waals surface area contributed by atoms with Crippen molar-refractivity contribution in [3.8, 4) is 11.5 Å². The van der Waals surface area contributed by atoms with Crippen LogP contribution in [0.5, 0.6) is 11.5 Å². The second-order valence-corrected chi connectivity index (χ2v) is 6.54. The fourth-order valence-corrected chi connectivity index (χ4v) is 3.22. The van der Waals surface area contributed by atoms with E-state index in [-0.39, 0.29) is 11.8 Å². The van der Waals surface area contributed by atoms with Crippen LogP contribution in [-0.4, -0.2) is 35.7 Å². The molecule has 1 N–H and O–H groups in total. The molecule has 1 atom stereocenters. The predicted octanol–water partition coefficient (Wildman–Crippen LogP) is 2.51. The predicted molar refractivity (Wildman–Crippen MR) is 98.1 cm³/mol. The summed E-state index contributed by atoms with van der Waals surface area (Å²) >= 11 is 0. The molecule has 0 bridgehead atoms. The number of hydrogen-bond acceptors (Lipinski definition) is 5. The lowest BCUT2D eigenvalue weighted by Crippen LogP contribution is -2.34. The molecular weight excluding hydrogens is 346 g/mol. The molecule has 7 nitrogen and oxygen atoms in total. The first kappa shape index (κ1) is 17.2. The summed E-state index contributed by atoms with van der Waals surface area (Å²) < 4.78 is 18.7. The number of fused-ring (bicyclic) bond motifs is 1. The number of nitrogens with zero attached hydrogens (tertiary/aromatic N) is 2. The monoisotopic (exact) mass is 367 g/mol. The number of amides is 1. The topological polar surface area (TPSA) is 78.5 Å². The van der Waals surface area contributed by atoms with Gasteiger partial charge in [-0.05, 0) is 30.2 Å². The molecule has 27 heavy (non-hydrogen) atoms. The lowest BCUT2D eigenvalue weighted by Gasteiger charge is -2.26. The highest BCUT2D eigenvalue weighted by Crippen LogP contribution is 2.35. The van der Waals surface area contributed by atoms with E-state index in [9.17, 15) is 4.79 Å². The van der Waals surface area contributed by atoms with Crippen molar-refractivity contribution >= 4 is 5.91 Å². The molecule has 3 aromatic rings. The van der Waals surface area contributed by atoms with Gasteiger partial charge >= 0.3 is 0 Å². The quantitative estimate of drug-likeness (QED) is 0.724. The lowest BCUT2D eigenvalue weighted by molar-refractivity contribution is 0.0909. The summed E-state index contributed by atoms with van der Waals surface area (Å²) in [5, 5.41) is 2.94. The SMILES string of the molecule is COc1cccc2c1OC[C@H](CNC(=O)c1ccc(Cn3ccnc3)o1)C2. The Bertz CT molecular complexity index is 917. The smallest absolute Gasteiger partial charge is 0.287 e. The van der Waals surface area contributed by atoms with Crippen molar-refractivity contribution < 1.29 is 18.7 Å². The van der Waals surface area contributed by atoms with Gasteiger partial charge in [0.2, 0.25) is 0 Å². The van der Waals surface area contributed by atoms with E-state index in [1.54, 1.807) is 31.8 Å². The molecule has 0 saturated heterocycles. The molecule has 0 unspecified atom stereocenters. The van der Waals surface area contributed by atoms with Crippen LogP contribution in [0.2, 0.25) is 0 Å². The van der Waals surface area contributed by atoms with Gasteiger partial charge in [-0.3, -0.25) is 4.79 Å². The van der Waals surface area contributed by atoms with Gasteiger partial charge in [-0.25, -0.2) is 4.98 Å². The van der Waals surface area contributed by atoms with Gasteiger partial charge in [-0.2, -0.15) is 0 Å². The van der Waals surface area contributed by atoms with Gasteiger partial charge in [0.05, 0.1) is 26.6 Å². The number of nitrogens with one attached hydrogen (secondary N) is 1. The van der Waals surface area contributed by atoms with E-state index in [1.165, 1.54) is 0 Å². The van der Waals surface area contributed by atoms with Crippen LogP contribution in [0.25, 0.3) is 0 Å². The number of carbonyl (C=O) groups excluding carboxylic acids is 1. The third-order valence-corrected chi connectivity index (χ3v) is 4.59. The van der Waals surface area contributed by atoms with Gasteiger partial charge in [-0.15, -0.1) is 0 Å². The van der Waals surface area contributed by atoms with Gasteiger partial charge in [0.1, 0.15) is 5.76 Å². The molecule has 0 fully saturated rings. The Morgan fingerprint density at radius 3 is 3.11 bits per heavy atom. The third-order valence-electron chi connectivity index (χ3n) is 4.59. The number of ether oxygens (including phenoxy) is 2. The molecule has 0 saturated carbocycles. The molecule has 0 aliphatic carbocycles. The second kappa shape index (κ2) is 7.57. The fourth-order valence-electron chi connectivity index (χ4n) is 3.22. The highest BCUT2D eigenvalue weighted by molar-refractivity contribution is 5.91. The van der Waals surface area contributed by atoms with Crippen molar-refractivity contribution in [1.29, 1.82) is 0 Å². The maximum absolute atomic E-state index is 12.4. The van der Waals surface area contributed by atoms with E-state index in [0.717, 1.165) is 23.5 Å². The zero-order valence-electron chi connectivity index (χ0n) is 15.1. The van der Waals surface area contributed by atoms with Crippen LogP contribution in [0, 0.1) is 5.92 Å². The molecule has 4 rings (SSSR count). The van der Waals surface area contributed by atoms with Crippen molar-refractivity contribution in [2.45, 2.75) is 13.0 Å². The van der Waals surface area contributed by atoms with Crippen LogP contribution in [0.3, 0.4) is 0 Å². The standard InChI is InChI=1S/C20H21N3O4/c1-25-17-4-2-3-15-9-14(12-26-19(15)17)10-22-20(24)18-6-5-16(27-18)11-23-8-7-21-13-23/h2-8,13-14H,9-12H2,1H3,(H,22,24)/t14-/m0/s1. The first-order valence-electron chi connectivity index (χ1n) is 8.84. The molecule has 0 spiro atoms. The minimum atomic E-state index is -0.219. The van der Waals surface area contributed by atoms with E-state index in [1.807, 2.05) is 29.0 Å². The van der Waals surface area contributed by atoms with Crippen LogP contribution in [0.15, 0.2) is 53.5 Å². The Kier molecular flexibility index (Phi) is 4.82. The van der Waals surface area contributed by atoms with E-state index in [2.05, 4.69) is 10.3 Å². The Balaban J connectivity index is 1.32. The number of imidazole rings is 1. The molecule has 7 heteroatoms. The molecule has 140 valence electrons. The number of rotatable bonds is 6. The van der Waals surface area contributed by atoms with E-state index < -0.39 is 0 Å². The molecule has 3 heterocycles. The summed E-state index contributed by atoms with van der Waals surface area (Å²) in [5.41, 5.74) is 1.10. The summed E-state index contributed by atoms with van der Waals surface area (Å²) in [6.45, 7) is 1.60. The van der Waals surface area contributed by atoms with Gasteiger partial charge in [0, 0.05) is 24.9 Å². The highest BCUT2D eigenvalue weighted by Gasteiger charge is 2.23. The third kappa shape index (κ3) is 3.81. The Morgan fingerprint density at radius 2 is 2.30 bits per heavy atom. The van der Waals surface area contributed by atoms with Gasteiger partial charge < -0.3 is 23.8 Å². The van der Waals surface area contributed by atoms with Crippen molar-refractivity contribution in [3.63, 3.8) is 0 Å². The molecule has 1 aromatic carbocycles. The summed E-state index contributed by atoms with van der Waals surface area (Å²) in [6, 6.07) is 9.37. The number of methoxy groups -OCH3 is 1. The number of aromatic nitrogens is 2. The maximum Gasteiger partial charge on any atom is 0.287 e. The summed E-state index contributed by atoms with van der Waals surface area (Å²) in [5.74, 6) is 2.55. The van der Waals surface area contributed by atoms with Crippen LogP contribution >= 0.6 is 0 Å². The Hall–Kier alpha value is -3.22. The number of furan rings is 1. The van der Waals surface area contributed by atoms with Crippen molar-refractivity contribution in [2.75, 3.05) is 20.3 Å². The number of hydrogen-bond donors (Lipinski definition) is 1. The normalized spacial score (nSPS) is 15.7. The van der Waals surface area contributed by atoms with Crippen molar-refractivity contribution in [2.24, 2.45) is 5.92 Å². The summed E-state index contributed by atoms with van der Waals surface area (Å²) in [6.07, 6.45) is 6.09. The van der Waals surface area contributed by atoms with Gasteiger partial charge in [0.15, 0.2) is 17.3 Å². The largest absolute Gasteiger partial charge is 0.493 e. The minimum absolute atomic E-state index is 0.203. The van der Waals surface area contributed by atoms with Crippen molar-refractivity contribution in [3.05, 3.63) is 66.1 Å². The Morgan fingerprint density at radius 1 is 1.37 bits per heavy atom. The van der Waals surface area contributed by atoms with E-state index >= 15 is 0 Å². The van der Waals surface area contributed by atoms with Gasteiger partial charge in [-0.1, -0.05) is 12.1 Å². The van der Waals surface area contributed by atoms with Crippen LogP contribution in [-0.2, 0) is 13.0 Å². The molecule has 1 aliphatic heterocycles. The summed E-state index contributed by atoms with van der Waals surface area (Å²) in [7, 11) is 1.63. The van der Waals surface area contributed by atoms with Crippen molar-refractivity contribution in [1.82, 2.24) is 14.9 Å². The highest BCUT2D eigenvalue weighted by atomic mass is 16.5. The maximum atomic E-state index is 12.4. The van der Waals surface area contributed by atoms with E-state index in [4.69, 9.17) is 13.9 Å². The lowest BCUT2D eigenvalue weighted by atomic mass is 9.96. The molecule has 0 radical (unpaired) electrons. The molecule has 2 aromatic heterocycles. The second-order valence-electron chi connectivity index (χ2n) is 6.54. The molecular formula is C20H21N3O4. The van der Waals surface area contributed by atoms with Crippen LogP contribution < -0.4 is 14.8 Å². The zero-order valence-corrected chi connectivity index (χ0v) is 15.1.